The maximum absolute atomic E-state index is 12.7. The Morgan fingerprint density at radius 3 is 2.76 bits per heavy atom. The van der Waals surface area contributed by atoms with E-state index in [1.54, 1.807) is 14.0 Å². The van der Waals surface area contributed by atoms with E-state index in [1.165, 1.54) is 22.5 Å². The van der Waals surface area contributed by atoms with Crippen LogP contribution in [-0.4, -0.2) is 50.5 Å². The maximum Gasteiger partial charge on any atom is 0.289 e. The fraction of sp³-hybridized carbons (Fsp3) is 0.500. The van der Waals surface area contributed by atoms with Crippen LogP contribution < -0.4 is 5.32 Å². The smallest absolute Gasteiger partial charge is 0.289 e. The standard InChI is InChI=1S/C12H17N3O5S/c1-9-8-20-6-5-14(9)21(18,19)12-7-10(13-2)3-4-11(12)15(16)17/h3-4,7,9,13H,5-6,8H2,1-2H3. The molecule has 0 aromatic heterocycles. The molecule has 1 aliphatic rings. The molecule has 1 aromatic rings. The number of nitrogens with one attached hydrogen (secondary N) is 1. The van der Waals surface area contributed by atoms with E-state index in [-0.39, 0.29) is 30.7 Å². The van der Waals surface area contributed by atoms with E-state index in [0.717, 1.165) is 0 Å². The molecule has 0 aliphatic carbocycles. The summed E-state index contributed by atoms with van der Waals surface area (Å²) in [7, 11) is -2.33. The van der Waals surface area contributed by atoms with E-state index in [9.17, 15) is 18.5 Å². The van der Waals surface area contributed by atoms with E-state index in [0.29, 0.717) is 5.69 Å². The summed E-state index contributed by atoms with van der Waals surface area (Å²) in [6, 6.07) is 3.60. The van der Waals surface area contributed by atoms with Gasteiger partial charge in [-0.05, 0) is 19.1 Å². The number of rotatable bonds is 4. The highest BCUT2D eigenvalue weighted by molar-refractivity contribution is 7.89. The quantitative estimate of drug-likeness (QED) is 0.658. The largest absolute Gasteiger partial charge is 0.388 e. The fourth-order valence-corrected chi connectivity index (χ4v) is 4.01. The number of anilines is 1. The second-order valence-corrected chi connectivity index (χ2v) is 6.59. The second kappa shape index (κ2) is 5.96. The number of nitro benzene ring substituents is 1. The molecule has 1 unspecified atom stereocenters. The first-order valence-electron chi connectivity index (χ1n) is 6.43. The molecule has 1 aromatic carbocycles. The maximum atomic E-state index is 12.7. The number of hydrogen-bond acceptors (Lipinski definition) is 6. The number of sulfonamides is 1. The van der Waals surface area contributed by atoms with Gasteiger partial charge in [-0.2, -0.15) is 4.31 Å². The minimum Gasteiger partial charge on any atom is -0.388 e. The van der Waals surface area contributed by atoms with Crippen molar-refractivity contribution in [3.05, 3.63) is 28.3 Å². The molecule has 0 bridgehead atoms. The van der Waals surface area contributed by atoms with Crippen molar-refractivity contribution in [3.8, 4) is 0 Å². The monoisotopic (exact) mass is 315 g/mol. The van der Waals surface area contributed by atoms with Crippen molar-refractivity contribution in [3.63, 3.8) is 0 Å². The molecule has 0 radical (unpaired) electrons. The van der Waals surface area contributed by atoms with Crippen LogP contribution in [0, 0.1) is 10.1 Å². The van der Waals surface area contributed by atoms with Gasteiger partial charge in [-0.3, -0.25) is 10.1 Å². The third-order valence-electron chi connectivity index (χ3n) is 3.34. The van der Waals surface area contributed by atoms with Gasteiger partial charge in [-0.1, -0.05) is 0 Å². The highest BCUT2D eigenvalue weighted by atomic mass is 32.2. The number of hydrogen-bond donors (Lipinski definition) is 1. The lowest BCUT2D eigenvalue weighted by molar-refractivity contribution is -0.387. The van der Waals surface area contributed by atoms with Crippen LogP contribution in [0.3, 0.4) is 0 Å². The molecule has 0 amide bonds. The predicted molar refractivity (Wildman–Crippen MR) is 76.8 cm³/mol. The molecular weight excluding hydrogens is 298 g/mol. The zero-order chi connectivity index (χ0) is 15.6. The Balaban J connectivity index is 2.54. The molecule has 9 heteroatoms. The van der Waals surface area contributed by atoms with Crippen LogP contribution in [-0.2, 0) is 14.8 Å². The van der Waals surface area contributed by atoms with Gasteiger partial charge in [0.05, 0.1) is 18.1 Å². The predicted octanol–water partition coefficient (Wildman–Crippen LogP) is 1.05. The molecule has 1 heterocycles. The molecule has 1 atom stereocenters. The molecule has 1 N–H and O–H groups in total. The zero-order valence-electron chi connectivity index (χ0n) is 11.8. The van der Waals surface area contributed by atoms with Gasteiger partial charge in [-0.15, -0.1) is 0 Å². The normalized spacial score (nSPS) is 20.2. The summed E-state index contributed by atoms with van der Waals surface area (Å²) in [6.07, 6.45) is 0. The highest BCUT2D eigenvalue weighted by Crippen LogP contribution is 2.31. The van der Waals surface area contributed by atoms with E-state index >= 15 is 0 Å². The average molecular weight is 315 g/mol. The minimum absolute atomic E-state index is 0.185. The van der Waals surface area contributed by atoms with Gasteiger partial charge in [0, 0.05) is 31.4 Å². The lowest BCUT2D eigenvalue weighted by Crippen LogP contribution is -2.47. The Morgan fingerprint density at radius 1 is 1.48 bits per heavy atom. The Morgan fingerprint density at radius 2 is 2.19 bits per heavy atom. The Bertz CT molecular complexity index is 646. The van der Waals surface area contributed by atoms with Crippen LogP contribution >= 0.6 is 0 Å². The van der Waals surface area contributed by atoms with Crippen LogP contribution in [0.2, 0.25) is 0 Å². The van der Waals surface area contributed by atoms with Gasteiger partial charge in [0.25, 0.3) is 5.69 Å². The van der Waals surface area contributed by atoms with Gasteiger partial charge in [-0.25, -0.2) is 8.42 Å². The van der Waals surface area contributed by atoms with Crippen LogP contribution in [0.1, 0.15) is 6.92 Å². The summed E-state index contributed by atoms with van der Waals surface area (Å²) in [5.74, 6) is 0. The summed E-state index contributed by atoms with van der Waals surface area (Å²) in [4.78, 5) is 10.1. The number of benzene rings is 1. The van der Waals surface area contributed by atoms with Gasteiger partial charge < -0.3 is 10.1 Å². The third-order valence-corrected chi connectivity index (χ3v) is 5.38. The molecule has 21 heavy (non-hydrogen) atoms. The third kappa shape index (κ3) is 2.99. The van der Waals surface area contributed by atoms with Crippen molar-refractivity contribution < 1.29 is 18.1 Å². The minimum atomic E-state index is -3.95. The molecule has 0 spiro atoms. The molecular formula is C12H17N3O5S. The van der Waals surface area contributed by atoms with Gasteiger partial charge in [0.15, 0.2) is 4.90 Å². The summed E-state index contributed by atoms with van der Waals surface area (Å²) in [5, 5.41) is 13.9. The van der Waals surface area contributed by atoms with Crippen molar-refractivity contribution >= 4 is 21.4 Å². The SMILES string of the molecule is CNc1ccc([N+](=O)[O-])c(S(=O)(=O)N2CCOCC2C)c1. The topological polar surface area (TPSA) is 102 Å². The molecule has 1 aliphatic heterocycles. The van der Waals surface area contributed by atoms with Crippen molar-refractivity contribution in [2.24, 2.45) is 0 Å². The van der Waals surface area contributed by atoms with Crippen LogP contribution in [0.25, 0.3) is 0 Å². The lowest BCUT2D eigenvalue weighted by Gasteiger charge is -2.32. The van der Waals surface area contributed by atoms with E-state index in [1.807, 2.05) is 0 Å². The number of nitro groups is 1. The van der Waals surface area contributed by atoms with E-state index in [4.69, 9.17) is 4.74 Å². The Hall–Kier alpha value is -1.71. The van der Waals surface area contributed by atoms with E-state index in [2.05, 4.69) is 5.32 Å². The van der Waals surface area contributed by atoms with Crippen LogP contribution in [0.5, 0.6) is 0 Å². The lowest BCUT2D eigenvalue weighted by atomic mass is 10.3. The summed E-state index contributed by atoms with van der Waals surface area (Å²) >= 11 is 0. The zero-order valence-corrected chi connectivity index (χ0v) is 12.6. The first kappa shape index (κ1) is 15.7. The van der Waals surface area contributed by atoms with Crippen LogP contribution in [0.4, 0.5) is 11.4 Å². The summed E-state index contributed by atoms with van der Waals surface area (Å²) in [5.41, 5.74) is 0.0766. The van der Waals surface area contributed by atoms with Crippen molar-refractivity contribution in [2.45, 2.75) is 17.9 Å². The second-order valence-electron chi connectivity index (χ2n) is 4.73. The first-order chi connectivity index (χ1) is 9.87. The molecule has 116 valence electrons. The Labute approximate surface area is 122 Å². The van der Waals surface area contributed by atoms with Crippen LogP contribution in [0.15, 0.2) is 23.1 Å². The van der Waals surface area contributed by atoms with Gasteiger partial charge in [0.2, 0.25) is 10.0 Å². The molecule has 1 fully saturated rings. The van der Waals surface area contributed by atoms with Crippen molar-refractivity contribution in [1.29, 1.82) is 0 Å². The molecule has 0 saturated carbocycles. The summed E-state index contributed by atoms with van der Waals surface area (Å²) < 4.78 is 31.9. The molecule has 2 rings (SSSR count). The first-order valence-corrected chi connectivity index (χ1v) is 7.87. The van der Waals surface area contributed by atoms with Gasteiger partial charge >= 0.3 is 0 Å². The molecule has 8 nitrogen and oxygen atoms in total. The summed E-state index contributed by atoms with van der Waals surface area (Å²) in [6.45, 7) is 2.46. The van der Waals surface area contributed by atoms with Crippen molar-refractivity contribution in [2.75, 3.05) is 32.1 Å². The number of nitrogens with zero attached hydrogens (tertiary/aromatic N) is 2. The fourth-order valence-electron chi connectivity index (χ4n) is 2.22. The van der Waals surface area contributed by atoms with Crippen molar-refractivity contribution in [1.82, 2.24) is 4.31 Å². The average Bonchev–Trinajstić information content (AvgIpc) is 2.46. The molecule has 1 saturated heterocycles. The number of morpholine rings is 1. The van der Waals surface area contributed by atoms with E-state index < -0.39 is 20.6 Å². The Kier molecular flexibility index (Phi) is 4.45. The number of ether oxygens (including phenoxy) is 1. The van der Waals surface area contributed by atoms with Gasteiger partial charge in [0.1, 0.15) is 0 Å². The highest BCUT2D eigenvalue weighted by Gasteiger charge is 2.36.